The van der Waals surface area contributed by atoms with Crippen molar-refractivity contribution in [1.29, 1.82) is 0 Å². The Morgan fingerprint density at radius 1 is 1.24 bits per heavy atom. The van der Waals surface area contributed by atoms with Crippen LogP contribution in [0.25, 0.3) is 0 Å². The minimum Gasteiger partial charge on any atom is -0.356 e. The van der Waals surface area contributed by atoms with Crippen LogP contribution in [0.2, 0.25) is 0 Å². The highest BCUT2D eigenvalue weighted by atomic mass is 79.9. The molecule has 0 saturated carbocycles. The zero-order valence-corrected chi connectivity index (χ0v) is 17.6. The molecular formula is C17H29BrN4O2S. The van der Waals surface area contributed by atoms with E-state index in [2.05, 4.69) is 61.4 Å². The van der Waals surface area contributed by atoms with Crippen molar-refractivity contribution in [3.63, 3.8) is 0 Å². The lowest BCUT2D eigenvalue weighted by molar-refractivity contribution is 0.493. The fraction of sp³-hybridized carbons (Fsp3) is 0.588. The molecule has 3 N–H and O–H groups in total. The molecule has 0 heterocycles. The first-order valence-corrected chi connectivity index (χ1v) is 11.0. The molecule has 0 radical (unpaired) electrons. The molecule has 0 fully saturated rings. The third-order valence-electron chi connectivity index (χ3n) is 3.89. The summed E-state index contributed by atoms with van der Waals surface area (Å²) in [5, 5.41) is 6.44. The van der Waals surface area contributed by atoms with Gasteiger partial charge in [-0.1, -0.05) is 41.4 Å². The number of hydrogen-bond acceptors (Lipinski definition) is 3. The predicted octanol–water partition coefficient (Wildman–Crippen LogP) is 2.12. The Kier molecular flexibility index (Phi) is 10.1. The molecule has 0 saturated heterocycles. The summed E-state index contributed by atoms with van der Waals surface area (Å²) in [5.41, 5.74) is 1.31. The number of hydrogen-bond donors (Lipinski definition) is 3. The average Bonchev–Trinajstić information content (AvgIpc) is 2.60. The Bertz CT molecular complexity index is 650. The topological polar surface area (TPSA) is 82.6 Å². The van der Waals surface area contributed by atoms with Crippen molar-refractivity contribution in [2.45, 2.75) is 26.7 Å². The van der Waals surface area contributed by atoms with Gasteiger partial charge in [0.1, 0.15) is 0 Å². The number of aliphatic imine (C=N–C) groups is 1. The van der Waals surface area contributed by atoms with Crippen LogP contribution < -0.4 is 15.4 Å². The van der Waals surface area contributed by atoms with Gasteiger partial charge in [-0.15, -0.1) is 0 Å². The highest BCUT2D eigenvalue weighted by Crippen LogP contribution is 2.16. The predicted molar refractivity (Wildman–Crippen MR) is 108 cm³/mol. The number of guanidine groups is 1. The standard InChI is InChI=1S/C17H29BrN4O2S/c1-4-14(11-15-7-6-8-16(18)12-15)13-21-17(19-3)20-9-10-22-25(23,24)5-2/h6-8,12,14,22H,4-5,9-11,13H2,1-3H3,(H2,19,20,21). The van der Waals surface area contributed by atoms with E-state index in [0.29, 0.717) is 25.0 Å². The minimum absolute atomic E-state index is 0.0910. The first-order valence-electron chi connectivity index (χ1n) is 8.56. The Hall–Kier alpha value is -1.12. The van der Waals surface area contributed by atoms with Crippen LogP contribution in [0.1, 0.15) is 25.8 Å². The normalized spacial score (nSPS) is 13.5. The fourth-order valence-electron chi connectivity index (χ4n) is 2.31. The molecule has 1 rings (SSSR count). The van der Waals surface area contributed by atoms with E-state index in [9.17, 15) is 8.42 Å². The smallest absolute Gasteiger partial charge is 0.211 e. The molecule has 6 nitrogen and oxygen atoms in total. The van der Waals surface area contributed by atoms with Crippen LogP contribution in [0.15, 0.2) is 33.7 Å². The molecule has 1 unspecified atom stereocenters. The van der Waals surface area contributed by atoms with Gasteiger partial charge in [0.2, 0.25) is 10.0 Å². The first-order chi connectivity index (χ1) is 11.9. The monoisotopic (exact) mass is 432 g/mol. The van der Waals surface area contributed by atoms with E-state index >= 15 is 0 Å². The SMILES string of the molecule is CCC(CNC(=NC)NCCNS(=O)(=O)CC)Cc1cccc(Br)c1. The number of benzene rings is 1. The summed E-state index contributed by atoms with van der Waals surface area (Å²) < 4.78 is 26.4. The second kappa shape index (κ2) is 11.5. The number of halogens is 1. The van der Waals surface area contributed by atoms with E-state index in [4.69, 9.17) is 0 Å². The van der Waals surface area contributed by atoms with Crippen LogP contribution in [-0.4, -0.2) is 46.8 Å². The average molecular weight is 433 g/mol. The quantitative estimate of drug-likeness (QED) is 0.300. The zero-order valence-electron chi connectivity index (χ0n) is 15.2. The van der Waals surface area contributed by atoms with E-state index in [-0.39, 0.29) is 5.75 Å². The van der Waals surface area contributed by atoms with E-state index < -0.39 is 10.0 Å². The third kappa shape index (κ3) is 9.23. The van der Waals surface area contributed by atoms with Crippen molar-refractivity contribution >= 4 is 31.9 Å². The van der Waals surface area contributed by atoms with Gasteiger partial charge in [0.05, 0.1) is 5.75 Å². The van der Waals surface area contributed by atoms with Crippen LogP contribution in [0, 0.1) is 5.92 Å². The van der Waals surface area contributed by atoms with Gasteiger partial charge in [0, 0.05) is 31.2 Å². The molecule has 0 aliphatic carbocycles. The fourth-order valence-corrected chi connectivity index (χ4v) is 3.37. The molecule has 0 amide bonds. The summed E-state index contributed by atoms with van der Waals surface area (Å²) >= 11 is 3.51. The van der Waals surface area contributed by atoms with Crippen LogP contribution in [-0.2, 0) is 16.4 Å². The summed E-state index contributed by atoms with van der Waals surface area (Å²) in [4.78, 5) is 4.18. The Balaban J connectivity index is 2.39. The molecule has 0 bridgehead atoms. The maximum absolute atomic E-state index is 11.4. The summed E-state index contributed by atoms with van der Waals surface area (Å²) in [7, 11) is -1.44. The van der Waals surface area contributed by atoms with Crippen molar-refractivity contribution in [3.8, 4) is 0 Å². The molecule has 0 aliphatic rings. The van der Waals surface area contributed by atoms with Gasteiger partial charge in [-0.25, -0.2) is 13.1 Å². The first kappa shape index (κ1) is 21.9. The van der Waals surface area contributed by atoms with Crippen LogP contribution in [0.4, 0.5) is 0 Å². The summed E-state index contributed by atoms with van der Waals surface area (Å²) in [6.07, 6.45) is 2.06. The molecule has 1 aromatic rings. The number of nitrogens with zero attached hydrogens (tertiary/aromatic N) is 1. The van der Waals surface area contributed by atoms with Crippen molar-refractivity contribution in [2.75, 3.05) is 32.4 Å². The second-order valence-electron chi connectivity index (χ2n) is 5.79. The van der Waals surface area contributed by atoms with Crippen LogP contribution in [0.5, 0.6) is 0 Å². The number of rotatable bonds is 10. The summed E-state index contributed by atoms with van der Waals surface area (Å²) in [5.74, 6) is 1.27. The lowest BCUT2D eigenvalue weighted by Crippen LogP contribution is -2.43. The molecule has 142 valence electrons. The zero-order chi connectivity index (χ0) is 18.7. The lowest BCUT2D eigenvalue weighted by atomic mass is 9.97. The lowest BCUT2D eigenvalue weighted by Gasteiger charge is -2.18. The van der Waals surface area contributed by atoms with Gasteiger partial charge in [0.15, 0.2) is 5.96 Å². The maximum Gasteiger partial charge on any atom is 0.211 e. The molecule has 25 heavy (non-hydrogen) atoms. The van der Waals surface area contributed by atoms with Crippen molar-refractivity contribution in [2.24, 2.45) is 10.9 Å². The van der Waals surface area contributed by atoms with Crippen molar-refractivity contribution in [3.05, 3.63) is 34.3 Å². The number of sulfonamides is 1. The Morgan fingerprint density at radius 3 is 2.60 bits per heavy atom. The van der Waals surface area contributed by atoms with Gasteiger partial charge in [0.25, 0.3) is 0 Å². The molecular weight excluding hydrogens is 404 g/mol. The summed E-state index contributed by atoms with van der Waals surface area (Å²) in [6.45, 7) is 5.43. The molecule has 1 aromatic carbocycles. The second-order valence-corrected chi connectivity index (χ2v) is 8.80. The largest absolute Gasteiger partial charge is 0.356 e. The Labute approximate surface area is 160 Å². The highest BCUT2D eigenvalue weighted by molar-refractivity contribution is 9.10. The molecule has 0 aromatic heterocycles. The third-order valence-corrected chi connectivity index (χ3v) is 5.79. The molecule has 1 atom stereocenters. The van der Waals surface area contributed by atoms with E-state index in [0.717, 1.165) is 23.9 Å². The van der Waals surface area contributed by atoms with Gasteiger partial charge in [-0.3, -0.25) is 4.99 Å². The van der Waals surface area contributed by atoms with Gasteiger partial charge in [-0.2, -0.15) is 0 Å². The van der Waals surface area contributed by atoms with E-state index in [1.165, 1.54) is 5.56 Å². The van der Waals surface area contributed by atoms with E-state index in [1.54, 1.807) is 14.0 Å². The van der Waals surface area contributed by atoms with Gasteiger partial charge in [-0.05, 0) is 37.0 Å². The number of nitrogens with one attached hydrogen (secondary N) is 3. The van der Waals surface area contributed by atoms with Crippen molar-refractivity contribution in [1.82, 2.24) is 15.4 Å². The minimum atomic E-state index is -3.15. The van der Waals surface area contributed by atoms with Crippen LogP contribution in [0.3, 0.4) is 0 Å². The molecule has 8 heteroatoms. The van der Waals surface area contributed by atoms with Gasteiger partial charge < -0.3 is 10.6 Å². The van der Waals surface area contributed by atoms with Crippen molar-refractivity contribution < 1.29 is 8.42 Å². The van der Waals surface area contributed by atoms with Gasteiger partial charge >= 0.3 is 0 Å². The highest BCUT2D eigenvalue weighted by Gasteiger charge is 2.09. The maximum atomic E-state index is 11.4. The Morgan fingerprint density at radius 2 is 2.00 bits per heavy atom. The summed E-state index contributed by atoms with van der Waals surface area (Å²) in [6, 6.07) is 8.37. The molecule has 0 spiro atoms. The van der Waals surface area contributed by atoms with Crippen LogP contribution >= 0.6 is 15.9 Å². The van der Waals surface area contributed by atoms with E-state index in [1.807, 2.05) is 6.07 Å². The molecule has 0 aliphatic heterocycles.